The van der Waals surface area contributed by atoms with Gasteiger partial charge in [0.25, 0.3) is 8.32 Å². The van der Waals surface area contributed by atoms with Gasteiger partial charge in [0.15, 0.2) is 5.78 Å². The SMILES string of the molecule is COC(=O)[C@]12C[C@@H](C=O)C=C1C(=O)CC[C@H](O[Si](c1ccccc1)(c1ccccc1)C(C)(C)C)C2. The number of aldehydes is 1. The van der Waals surface area contributed by atoms with Gasteiger partial charge in [0.2, 0.25) is 0 Å². The number of esters is 1. The van der Waals surface area contributed by atoms with Gasteiger partial charge in [-0.2, -0.15) is 0 Å². The molecule has 0 saturated heterocycles. The monoisotopic (exact) mass is 490 g/mol. The van der Waals surface area contributed by atoms with Crippen LogP contribution in [-0.2, 0) is 23.5 Å². The standard InChI is InChI=1S/C29H34O5Si/c1-28(2,3)35(23-11-7-5-8-12-23,24-13-9-6-10-14-24)34-22-15-16-26(31)25-17-21(20-30)18-29(25,19-22)27(32)33-4/h5-14,17,20-22H,15-16,18-19H2,1-4H3/t21-,22-,29-/m0/s1. The van der Waals surface area contributed by atoms with Crippen molar-refractivity contribution in [1.82, 2.24) is 0 Å². The zero-order valence-electron chi connectivity index (χ0n) is 21.0. The van der Waals surface area contributed by atoms with Crippen LogP contribution in [0.25, 0.3) is 0 Å². The number of rotatable bonds is 6. The molecular weight excluding hydrogens is 456 g/mol. The summed E-state index contributed by atoms with van der Waals surface area (Å²) in [4.78, 5) is 38.1. The topological polar surface area (TPSA) is 69.7 Å². The van der Waals surface area contributed by atoms with Gasteiger partial charge in [-0.05, 0) is 34.7 Å². The van der Waals surface area contributed by atoms with Crippen LogP contribution in [0.2, 0.25) is 5.04 Å². The Morgan fingerprint density at radius 1 is 1.00 bits per heavy atom. The highest BCUT2D eigenvalue weighted by Gasteiger charge is 2.56. The van der Waals surface area contributed by atoms with Crippen LogP contribution in [0.1, 0.15) is 46.5 Å². The van der Waals surface area contributed by atoms with E-state index in [1.807, 2.05) is 36.4 Å². The average Bonchev–Trinajstić information content (AvgIpc) is 3.19. The minimum Gasteiger partial charge on any atom is -0.468 e. The van der Waals surface area contributed by atoms with Gasteiger partial charge in [-0.3, -0.25) is 9.59 Å². The maximum absolute atomic E-state index is 13.2. The Labute approximate surface area is 208 Å². The molecule has 6 heteroatoms. The van der Waals surface area contributed by atoms with E-state index in [0.717, 1.165) is 16.7 Å². The van der Waals surface area contributed by atoms with E-state index >= 15 is 0 Å². The van der Waals surface area contributed by atoms with E-state index in [1.165, 1.54) is 7.11 Å². The van der Waals surface area contributed by atoms with E-state index in [0.29, 0.717) is 18.4 Å². The van der Waals surface area contributed by atoms with Crippen molar-refractivity contribution in [3.8, 4) is 0 Å². The molecule has 0 radical (unpaired) electrons. The molecule has 3 atom stereocenters. The molecule has 1 fully saturated rings. The van der Waals surface area contributed by atoms with Crippen LogP contribution in [0, 0.1) is 11.3 Å². The fraction of sp³-hybridized carbons (Fsp3) is 0.414. The van der Waals surface area contributed by atoms with Crippen molar-refractivity contribution >= 4 is 36.7 Å². The first kappa shape index (κ1) is 25.3. The molecule has 35 heavy (non-hydrogen) atoms. The highest BCUT2D eigenvalue weighted by atomic mass is 28.4. The van der Waals surface area contributed by atoms with Gasteiger partial charge in [0.1, 0.15) is 6.29 Å². The zero-order valence-corrected chi connectivity index (χ0v) is 22.0. The second-order valence-electron chi connectivity index (χ2n) is 10.7. The molecule has 0 aliphatic heterocycles. The van der Waals surface area contributed by atoms with Crippen molar-refractivity contribution in [1.29, 1.82) is 0 Å². The van der Waals surface area contributed by atoms with E-state index in [1.54, 1.807) is 6.08 Å². The van der Waals surface area contributed by atoms with Crippen LogP contribution in [0.4, 0.5) is 0 Å². The number of hydrogen-bond donors (Lipinski definition) is 0. The first-order valence-electron chi connectivity index (χ1n) is 12.3. The predicted octanol–water partition coefficient (Wildman–Crippen LogP) is 3.99. The molecule has 0 unspecified atom stereocenters. The Morgan fingerprint density at radius 2 is 1.57 bits per heavy atom. The van der Waals surface area contributed by atoms with Crippen molar-refractivity contribution in [2.75, 3.05) is 7.11 Å². The van der Waals surface area contributed by atoms with E-state index in [9.17, 15) is 14.4 Å². The molecule has 2 aliphatic rings. The van der Waals surface area contributed by atoms with Crippen LogP contribution in [-0.4, -0.2) is 39.6 Å². The maximum atomic E-state index is 13.2. The average molecular weight is 491 g/mol. The highest BCUT2D eigenvalue weighted by Crippen LogP contribution is 2.50. The molecule has 184 valence electrons. The largest absolute Gasteiger partial charge is 0.468 e. The van der Waals surface area contributed by atoms with Crippen LogP contribution in [0.3, 0.4) is 0 Å². The summed E-state index contributed by atoms with van der Waals surface area (Å²) >= 11 is 0. The summed E-state index contributed by atoms with van der Waals surface area (Å²) in [5, 5.41) is 2.06. The first-order chi connectivity index (χ1) is 16.7. The lowest BCUT2D eigenvalue weighted by molar-refractivity contribution is -0.152. The molecule has 0 heterocycles. The summed E-state index contributed by atoms with van der Waals surface area (Å²) in [6.45, 7) is 6.63. The van der Waals surface area contributed by atoms with Crippen LogP contribution in [0.5, 0.6) is 0 Å². The minimum absolute atomic E-state index is 0.0895. The van der Waals surface area contributed by atoms with E-state index in [4.69, 9.17) is 9.16 Å². The third kappa shape index (κ3) is 4.34. The van der Waals surface area contributed by atoms with Crippen molar-refractivity contribution in [3.05, 3.63) is 72.3 Å². The summed E-state index contributed by atoms with van der Waals surface area (Å²) < 4.78 is 12.5. The second-order valence-corrected chi connectivity index (χ2v) is 15.0. The Hall–Kier alpha value is -2.83. The number of carbonyl (C=O) groups excluding carboxylic acids is 3. The van der Waals surface area contributed by atoms with Crippen molar-refractivity contribution in [2.45, 2.75) is 57.6 Å². The number of fused-ring (bicyclic) bond motifs is 1. The summed E-state index contributed by atoms with van der Waals surface area (Å²) in [5.41, 5.74) is -0.723. The highest BCUT2D eigenvalue weighted by molar-refractivity contribution is 6.99. The third-order valence-electron chi connectivity index (χ3n) is 7.56. The summed E-state index contributed by atoms with van der Waals surface area (Å²) in [6, 6.07) is 20.7. The Bertz CT molecular complexity index is 1080. The molecule has 0 aromatic heterocycles. The van der Waals surface area contributed by atoms with Crippen molar-refractivity contribution in [3.63, 3.8) is 0 Å². The van der Waals surface area contributed by atoms with Gasteiger partial charge in [0.05, 0.1) is 12.5 Å². The normalized spacial score (nSPS) is 24.8. The van der Waals surface area contributed by atoms with Gasteiger partial charge in [-0.25, -0.2) is 0 Å². The number of Topliss-reactive ketones (excluding diaryl/α,β-unsaturated/α-hetero) is 1. The number of allylic oxidation sites excluding steroid dienone is 1. The van der Waals surface area contributed by atoms with Crippen LogP contribution in [0.15, 0.2) is 72.3 Å². The van der Waals surface area contributed by atoms with Gasteiger partial charge in [-0.1, -0.05) is 87.5 Å². The predicted molar refractivity (Wildman–Crippen MR) is 138 cm³/mol. The lowest BCUT2D eigenvalue weighted by Gasteiger charge is -2.46. The third-order valence-corrected chi connectivity index (χ3v) is 12.7. The van der Waals surface area contributed by atoms with E-state index in [-0.39, 0.29) is 29.8 Å². The molecular formula is C29H34O5Si. The summed E-state index contributed by atoms with van der Waals surface area (Å²) in [6.07, 6.45) is 3.52. The van der Waals surface area contributed by atoms with Gasteiger partial charge >= 0.3 is 5.97 Å². The Balaban J connectivity index is 1.85. The fourth-order valence-corrected chi connectivity index (χ4v) is 10.7. The molecule has 5 nitrogen and oxygen atoms in total. The Kier molecular flexibility index (Phi) is 6.98. The number of benzene rings is 2. The second kappa shape index (κ2) is 9.67. The Morgan fingerprint density at radius 3 is 2.06 bits per heavy atom. The zero-order chi connectivity index (χ0) is 25.3. The van der Waals surface area contributed by atoms with Gasteiger partial charge < -0.3 is 14.0 Å². The number of methoxy groups -OCH3 is 1. The molecule has 0 N–H and O–H groups in total. The van der Waals surface area contributed by atoms with Crippen molar-refractivity contribution in [2.24, 2.45) is 11.3 Å². The lowest BCUT2D eigenvalue weighted by atomic mass is 9.75. The number of hydrogen-bond acceptors (Lipinski definition) is 5. The van der Waals surface area contributed by atoms with E-state index < -0.39 is 25.6 Å². The van der Waals surface area contributed by atoms with Gasteiger partial charge in [0, 0.05) is 24.0 Å². The summed E-state index contributed by atoms with van der Waals surface area (Å²) in [7, 11) is -1.54. The molecule has 2 aliphatic carbocycles. The first-order valence-corrected chi connectivity index (χ1v) is 14.2. The number of carbonyl (C=O) groups is 3. The smallest absolute Gasteiger partial charge is 0.316 e. The van der Waals surface area contributed by atoms with Crippen molar-refractivity contribution < 1.29 is 23.5 Å². The fourth-order valence-electron chi connectivity index (χ4n) is 6.02. The molecule has 2 aromatic carbocycles. The van der Waals surface area contributed by atoms with Crippen LogP contribution >= 0.6 is 0 Å². The van der Waals surface area contributed by atoms with Crippen LogP contribution < -0.4 is 10.4 Å². The lowest BCUT2D eigenvalue weighted by Crippen LogP contribution is -2.67. The van der Waals surface area contributed by atoms with Gasteiger partial charge in [-0.15, -0.1) is 0 Å². The number of ether oxygens (including phenoxy) is 1. The molecule has 0 bridgehead atoms. The molecule has 4 rings (SSSR count). The minimum atomic E-state index is -2.88. The number of ketones is 1. The molecule has 1 saturated carbocycles. The maximum Gasteiger partial charge on any atom is 0.316 e. The molecule has 2 aromatic rings. The molecule has 0 spiro atoms. The quantitative estimate of drug-likeness (QED) is 0.348. The molecule has 0 amide bonds. The van der Waals surface area contributed by atoms with E-state index in [2.05, 4.69) is 45.0 Å². The summed E-state index contributed by atoms with van der Waals surface area (Å²) in [5.74, 6) is -1.02.